The minimum atomic E-state index is 0.203. The summed E-state index contributed by atoms with van der Waals surface area (Å²) in [6.45, 7) is 7.38. The zero-order valence-corrected chi connectivity index (χ0v) is 16.9. The summed E-state index contributed by atoms with van der Waals surface area (Å²) in [4.78, 5) is 0. The van der Waals surface area contributed by atoms with Crippen LogP contribution in [0.5, 0.6) is 0 Å². The molecule has 5 atom stereocenters. The van der Waals surface area contributed by atoms with Crippen molar-refractivity contribution in [2.45, 2.75) is 90.6 Å². The lowest BCUT2D eigenvalue weighted by molar-refractivity contribution is -0.00839. The van der Waals surface area contributed by atoms with Gasteiger partial charge in [-0.15, -0.1) is 0 Å². The molecule has 26 heavy (non-hydrogen) atoms. The van der Waals surface area contributed by atoms with Crippen LogP contribution in [0.1, 0.15) is 85.0 Å². The summed E-state index contributed by atoms with van der Waals surface area (Å²) in [5.41, 5.74) is 5.59. The fourth-order valence-electron chi connectivity index (χ4n) is 6.95. The Kier molecular flexibility index (Phi) is 4.81. The van der Waals surface area contributed by atoms with Crippen LogP contribution in [0.2, 0.25) is 0 Å². The standard InChI is InChI=1S/C22H29NO.C2H6/c1-21-10-7-18-17-8-11-22(9-2-12-24-22)13-15(17)3-5-19(18)20(21)6-4-16(21)14-23;1-2/h7,16,19-20H,2-6,8-13H2,1H3;1-2H3. The van der Waals surface area contributed by atoms with E-state index in [1.165, 1.54) is 51.4 Å². The summed E-state index contributed by atoms with van der Waals surface area (Å²) in [5.74, 6) is 1.76. The van der Waals surface area contributed by atoms with Crippen LogP contribution in [-0.4, -0.2) is 12.2 Å². The minimum Gasteiger partial charge on any atom is -0.375 e. The molecule has 2 fully saturated rings. The molecule has 5 aliphatic rings. The van der Waals surface area contributed by atoms with Gasteiger partial charge in [0.05, 0.1) is 17.6 Å². The van der Waals surface area contributed by atoms with Gasteiger partial charge >= 0.3 is 0 Å². The zero-order valence-electron chi connectivity index (χ0n) is 16.9. The maximum Gasteiger partial charge on any atom is 0.0723 e. The average Bonchev–Trinajstić information content (AvgIpc) is 3.26. The second-order valence-corrected chi connectivity index (χ2v) is 9.27. The molecule has 5 unspecified atom stereocenters. The molecular formula is C24H35NO. The molecule has 0 bridgehead atoms. The number of allylic oxidation sites excluding steroid dienone is 3. The van der Waals surface area contributed by atoms with Crippen LogP contribution in [0.4, 0.5) is 0 Å². The van der Waals surface area contributed by atoms with Gasteiger partial charge in [-0.1, -0.05) is 32.4 Å². The minimum absolute atomic E-state index is 0.203. The topological polar surface area (TPSA) is 33.0 Å². The highest BCUT2D eigenvalue weighted by atomic mass is 16.5. The van der Waals surface area contributed by atoms with Gasteiger partial charge in [0.25, 0.3) is 0 Å². The van der Waals surface area contributed by atoms with E-state index in [0.29, 0.717) is 0 Å². The fraction of sp³-hybridized carbons (Fsp3) is 0.792. The van der Waals surface area contributed by atoms with E-state index in [2.05, 4.69) is 19.1 Å². The molecule has 1 aliphatic heterocycles. The second-order valence-electron chi connectivity index (χ2n) is 9.27. The lowest BCUT2D eigenvalue weighted by Crippen LogP contribution is -2.40. The smallest absolute Gasteiger partial charge is 0.0723 e. The van der Waals surface area contributed by atoms with Crippen molar-refractivity contribution in [3.63, 3.8) is 0 Å². The van der Waals surface area contributed by atoms with Crippen molar-refractivity contribution in [1.82, 2.24) is 0 Å². The number of fused-ring (bicyclic) bond motifs is 4. The Morgan fingerprint density at radius 2 is 2.00 bits per heavy atom. The van der Waals surface area contributed by atoms with E-state index in [4.69, 9.17) is 4.74 Å². The normalized spacial score (nSPS) is 43.6. The van der Waals surface area contributed by atoms with Gasteiger partial charge < -0.3 is 4.74 Å². The van der Waals surface area contributed by atoms with Gasteiger partial charge in [-0.3, -0.25) is 0 Å². The third-order valence-corrected chi connectivity index (χ3v) is 8.30. The third-order valence-electron chi connectivity index (χ3n) is 8.30. The van der Waals surface area contributed by atoms with Crippen molar-refractivity contribution >= 4 is 0 Å². The lowest BCUT2D eigenvalue weighted by Gasteiger charge is -2.48. The Bertz CT molecular complexity index is 660. The maximum absolute atomic E-state index is 9.58. The van der Waals surface area contributed by atoms with Gasteiger partial charge in [0.1, 0.15) is 0 Å². The molecule has 1 spiro atoms. The average molecular weight is 354 g/mol. The molecule has 0 radical (unpaired) electrons. The van der Waals surface area contributed by atoms with Gasteiger partial charge in [-0.25, -0.2) is 0 Å². The third kappa shape index (κ3) is 2.62. The van der Waals surface area contributed by atoms with Crippen LogP contribution >= 0.6 is 0 Å². The van der Waals surface area contributed by atoms with Crippen molar-refractivity contribution in [2.75, 3.05) is 6.61 Å². The van der Waals surface area contributed by atoms with Crippen molar-refractivity contribution < 1.29 is 4.74 Å². The van der Waals surface area contributed by atoms with E-state index in [1.807, 2.05) is 13.8 Å². The molecule has 2 nitrogen and oxygen atoms in total. The van der Waals surface area contributed by atoms with E-state index in [0.717, 1.165) is 31.3 Å². The van der Waals surface area contributed by atoms with Crippen LogP contribution in [-0.2, 0) is 4.74 Å². The van der Waals surface area contributed by atoms with E-state index in [-0.39, 0.29) is 16.9 Å². The highest BCUT2D eigenvalue weighted by Gasteiger charge is 2.53. The summed E-state index contributed by atoms with van der Waals surface area (Å²) in [6.07, 6.45) is 14.9. The van der Waals surface area contributed by atoms with Crippen molar-refractivity contribution in [1.29, 1.82) is 5.26 Å². The molecule has 0 amide bonds. The number of ether oxygens (including phenoxy) is 1. The number of nitrogens with zero attached hydrogens (tertiary/aromatic N) is 1. The van der Waals surface area contributed by atoms with E-state index >= 15 is 0 Å². The van der Waals surface area contributed by atoms with E-state index < -0.39 is 0 Å². The highest BCUT2D eigenvalue weighted by Crippen LogP contribution is 2.61. The summed E-state index contributed by atoms with van der Waals surface area (Å²) >= 11 is 0. The Balaban J connectivity index is 0.000000814. The molecule has 0 aromatic heterocycles. The van der Waals surface area contributed by atoms with E-state index in [1.54, 1.807) is 16.7 Å². The zero-order chi connectivity index (χ0) is 18.4. The Labute approximate surface area is 159 Å². The van der Waals surface area contributed by atoms with Gasteiger partial charge in [-0.2, -0.15) is 5.26 Å². The quantitative estimate of drug-likeness (QED) is 0.509. The lowest BCUT2D eigenvalue weighted by atomic mass is 9.57. The first-order valence-electron chi connectivity index (χ1n) is 11.1. The largest absolute Gasteiger partial charge is 0.375 e. The predicted molar refractivity (Wildman–Crippen MR) is 106 cm³/mol. The van der Waals surface area contributed by atoms with E-state index in [9.17, 15) is 5.26 Å². The molecule has 5 rings (SSSR count). The van der Waals surface area contributed by atoms with Crippen LogP contribution in [0.3, 0.4) is 0 Å². The molecule has 1 saturated carbocycles. The van der Waals surface area contributed by atoms with Gasteiger partial charge in [-0.05, 0) is 92.6 Å². The summed E-state index contributed by atoms with van der Waals surface area (Å²) < 4.78 is 6.19. The molecule has 4 aliphatic carbocycles. The first-order chi connectivity index (χ1) is 12.7. The fourth-order valence-corrected chi connectivity index (χ4v) is 6.95. The number of nitriles is 1. The molecule has 2 heteroatoms. The maximum atomic E-state index is 9.58. The van der Waals surface area contributed by atoms with Crippen molar-refractivity contribution in [3.05, 3.63) is 22.8 Å². The molecule has 142 valence electrons. The van der Waals surface area contributed by atoms with Crippen molar-refractivity contribution in [3.8, 4) is 6.07 Å². The predicted octanol–water partition coefficient (Wildman–Crippen LogP) is 6.34. The number of rotatable bonds is 0. The van der Waals surface area contributed by atoms with Crippen LogP contribution in [0, 0.1) is 34.5 Å². The summed E-state index contributed by atoms with van der Waals surface area (Å²) in [6, 6.07) is 2.63. The molecule has 0 N–H and O–H groups in total. The van der Waals surface area contributed by atoms with Gasteiger partial charge in [0, 0.05) is 6.61 Å². The van der Waals surface area contributed by atoms with Crippen LogP contribution in [0.15, 0.2) is 22.8 Å². The SMILES string of the molecule is CC.CC12CC=C3C4=C(CCC3C1CCC2C#N)CC1(CCCO1)CC4. The first-order valence-corrected chi connectivity index (χ1v) is 11.1. The highest BCUT2D eigenvalue weighted by molar-refractivity contribution is 5.45. The molecule has 0 aromatic rings. The first kappa shape index (κ1) is 18.3. The number of hydrogen-bond donors (Lipinski definition) is 0. The van der Waals surface area contributed by atoms with Crippen molar-refractivity contribution in [2.24, 2.45) is 23.2 Å². The summed E-state index contributed by atoms with van der Waals surface area (Å²) in [5, 5.41) is 9.58. The Morgan fingerprint density at radius 1 is 1.15 bits per heavy atom. The second kappa shape index (κ2) is 6.83. The molecule has 1 saturated heterocycles. The molecular weight excluding hydrogens is 318 g/mol. The van der Waals surface area contributed by atoms with Gasteiger partial charge in [0.2, 0.25) is 0 Å². The Morgan fingerprint density at radius 3 is 2.73 bits per heavy atom. The summed E-state index contributed by atoms with van der Waals surface area (Å²) in [7, 11) is 0. The van der Waals surface area contributed by atoms with Gasteiger partial charge in [0.15, 0.2) is 0 Å². The van der Waals surface area contributed by atoms with Crippen LogP contribution < -0.4 is 0 Å². The van der Waals surface area contributed by atoms with Crippen LogP contribution in [0.25, 0.3) is 0 Å². The molecule has 1 heterocycles. The Hall–Kier alpha value is -1.07. The molecule has 0 aromatic carbocycles. The number of hydrogen-bond acceptors (Lipinski definition) is 2. The monoisotopic (exact) mass is 353 g/mol.